The van der Waals surface area contributed by atoms with Crippen LogP contribution in [-0.2, 0) is 4.79 Å². The van der Waals surface area contributed by atoms with Crippen molar-refractivity contribution < 1.29 is 4.79 Å². The summed E-state index contributed by atoms with van der Waals surface area (Å²) in [7, 11) is 3.86. The van der Waals surface area contributed by atoms with Gasteiger partial charge in [0.05, 0.1) is 6.54 Å². The van der Waals surface area contributed by atoms with E-state index in [2.05, 4.69) is 12.2 Å². The average molecular weight is 199 g/mol. The van der Waals surface area contributed by atoms with Gasteiger partial charge in [-0.2, -0.15) is 0 Å². The number of likely N-dealkylation sites (N-methyl/N-ethyl adjacent to an activating group) is 1. The molecule has 0 spiro atoms. The maximum Gasteiger partial charge on any atom is 0.236 e. The summed E-state index contributed by atoms with van der Waals surface area (Å²) in [6.07, 6.45) is 1.06. The summed E-state index contributed by atoms with van der Waals surface area (Å²) in [6, 6.07) is 0.420. The molecule has 0 bridgehead atoms. The fraction of sp³-hybridized carbons (Fsp3) is 0.900. The molecule has 0 aliphatic carbocycles. The Balaban J connectivity index is 2.44. The summed E-state index contributed by atoms with van der Waals surface area (Å²) in [4.78, 5) is 15.6. The van der Waals surface area contributed by atoms with E-state index in [4.69, 9.17) is 0 Å². The normalized spacial score (nSPS) is 23.7. The molecule has 0 saturated carbocycles. The number of rotatable bonds is 2. The Bertz CT molecular complexity index is 194. The van der Waals surface area contributed by atoms with Gasteiger partial charge < -0.3 is 15.1 Å². The fourth-order valence-electron chi connectivity index (χ4n) is 1.70. The molecule has 4 heteroatoms. The van der Waals surface area contributed by atoms with Crippen molar-refractivity contribution in [2.45, 2.75) is 19.4 Å². The summed E-state index contributed by atoms with van der Waals surface area (Å²) in [6.45, 7) is 5.40. The summed E-state index contributed by atoms with van der Waals surface area (Å²) in [5.41, 5.74) is 0. The Hall–Kier alpha value is -0.610. The van der Waals surface area contributed by atoms with Crippen LogP contribution in [0.15, 0.2) is 0 Å². The largest absolute Gasteiger partial charge is 0.340 e. The molecule has 1 unspecified atom stereocenters. The zero-order valence-electron chi connectivity index (χ0n) is 9.42. The average Bonchev–Trinajstić information content (AvgIpc) is 2.28. The van der Waals surface area contributed by atoms with Gasteiger partial charge in [0.2, 0.25) is 5.91 Å². The predicted octanol–water partition coefficient (Wildman–Crippen LogP) is -0.242. The topological polar surface area (TPSA) is 35.6 Å². The van der Waals surface area contributed by atoms with Gasteiger partial charge in [-0.25, -0.2) is 0 Å². The zero-order valence-corrected chi connectivity index (χ0v) is 9.42. The van der Waals surface area contributed by atoms with E-state index in [1.165, 1.54) is 0 Å². The maximum absolute atomic E-state index is 11.8. The van der Waals surface area contributed by atoms with Crippen molar-refractivity contribution >= 4 is 5.91 Å². The Morgan fingerprint density at radius 1 is 1.57 bits per heavy atom. The van der Waals surface area contributed by atoms with Gasteiger partial charge in [-0.15, -0.1) is 0 Å². The third-order valence-corrected chi connectivity index (χ3v) is 2.40. The van der Waals surface area contributed by atoms with Crippen LogP contribution in [0.25, 0.3) is 0 Å². The van der Waals surface area contributed by atoms with E-state index in [1.807, 2.05) is 23.9 Å². The number of carbonyl (C=O) groups is 1. The van der Waals surface area contributed by atoms with Gasteiger partial charge in [0, 0.05) is 19.1 Å². The van der Waals surface area contributed by atoms with Crippen LogP contribution >= 0.6 is 0 Å². The molecule has 1 fully saturated rings. The molecule has 0 radical (unpaired) electrons. The lowest BCUT2D eigenvalue weighted by Gasteiger charge is -2.24. The molecule has 1 aliphatic heterocycles. The van der Waals surface area contributed by atoms with Crippen molar-refractivity contribution in [1.29, 1.82) is 0 Å². The van der Waals surface area contributed by atoms with Gasteiger partial charge in [-0.3, -0.25) is 4.79 Å². The molecular formula is C10H21N3O. The van der Waals surface area contributed by atoms with E-state index in [1.54, 1.807) is 0 Å². The molecule has 1 N–H and O–H groups in total. The Morgan fingerprint density at radius 2 is 2.29 bits per heavy atom. The van der Waals surface area contributed by atoms with E-state index >= 15 is 0 Å². The first kappa shape index (κ1) is 11.5. The predicted molar refractivity (Wildman–Crippen MR) is 57.2 cm³/mol. The number of nitrogens with one attached hydrogen (secondary N) is 1. The van der Waals surface area contributed by atoms with Crippen molar-refractivity contribution in [2.24, 2.45) is 0 Å². The minimum atomic E-state index is 0.241. The lowest BCUT2D eigenvalue weighted by molar-refractivity contribution is -0.131. The fourth-order valence-corrected chi connectivity index (χ4v) is 1.70. The van der Waals surface area contributed by atoms with E-state index < -0.39 is 0 Å². The minimum absolute atomic E-state index is 0.241. The van der Waals surface area contributed by atoms with Crippen LogP contribution in [0.5, 0.6) is 0 Å². The molecule has 1 amide bonds. The van der Waals surface area contributed by atoms with Crippen molar-refractivity contribution in [3.05, 3.63) is 0 Å². The SMILES string of the molecule is CC1CN(C(=O)CN(C)C)CCCN1. The van der Waals surface area contributed by atoms with E-state index in [9.17, 15) is 4.79 Å². The quantitative estimate of drug-likeness (QED) is 0.666. The van der Waals surface area contributed by atoms with Crippen LogP contribution in [0.1, 0.15) is 13.3 Å². The maximum atomic E-state index is 11.8. The van der Waals surface area contributed by atoms with Crippen molar-refractivity contribution in [3.8, 4) is 0 Å². The second-order valence-electron chi connectivity index (χ2n) is 4.29. The number of hydrogen-bond donors (Lipinski definition) is 1. The van der Waals surface area contributed by atoms with Gasteiger partial charge in [-0.05, 0) is 34.0 Å². The lowest BCUT2D eigenvalue weighted by Crippen LogP contribution is -2.42. The number of hydrogen-bond acceptors (Lipinski definition) is 3. The highest BCUT2D eigenvalue weighted by atomic mass is 16.2. The first-order valence-corrected chi connectivity index (χ1v) is 5.25. The minimum Gasteiger partial charge on any atom is -0.340 e. The molecule has 0 aromatic heterocycles. The van der Waals surface area contributed by atoms with Crippen LogP contribution in [0.4, 0.5) is 0 Å². The highest BCUT2D eigenvalue weighted by Crippen LogP contribution is 2.01. The Kier molecular flexibility index (Phi) is 4.35. The molecule has 1 aliphatic rings. The van der Waals surface area contributed by atoms with Crippen molar-refractivity contribution in [2.75, 3.05) is 40.3 Å². The third-order valence-electron chi connectivity index (χ3n) is 2.40. The second kappa shape index (κ2) is 5.32. The Morgan fingerprint density at radius 3 is 2.93 bits per heavy atom. The van der Waals surface area contributed by atoms with Gasteiger partial charge in [-0.1, -0.05) is 0 Å². The van der Waals surface area contributed by atoms with E-state index in [0.29, 0.717) is 12.6 Å². The highest BCUT2D eigenvalue weighted by molar-refractivity contribution is 5.78. The summed E-state index contributed by atoms with van der Waals surface area (Å²) in [5, 5.41) is 3.38. The number of nitrogens with zero attached hydrogens (tertiary/aromatic N) is 2. The molecule has 82 valence electrons. The van der Waals surface area contributed by atoms with E-state index in [-0.39, 0.29) is 5.91 Å². The molecule has 0 aromatic rings. The molecule has 1 saturated heterocycles. The molecule has 14 heavy (non-hydrogen) atoms. The number of amides is 1. The van der Waals surface area contributed by atoms with Crippen LogP contribution in [-0.4, -0.2) is 62.0 Å². The van der Waals surface area contributed by atoms with Gasteiger partial charge in [0.1, 0.15) is 0 Å². The van der Waals surface area contributed by atoms with Crippen molar-refractivity contribution in [3.63, 3.8) is 0 Å². The first-order chi connectivity index (χ1) is 6.59. The Labute approximate surface area is 86.2 Å². The zero-order chi connectivity index (χ0) is 10.6. The first-order valence-electron chi connectivity index (χ1n) is 5.25. The van der Waals surface area contributed by atoms with Crippen molar-refractivity contribution in [1.82, 2.24) is 15.1 Å². The summed E-state index contributed by atoms with van der Waals surface area (Å²) >= 11 is 0. The smallest absolute Gasteiger partial charge is 0.236 e. The highest BCUT2D eigenvalue weighted by Gasteiger charge is 2.18. The molecule has 1 heterocycles. The molecule has 1 atom stereocenters. The van der Waals surface area contributed by atoms with E-state index in [0.717, 1.165) is 26.1 Å². The van der Waals surface area contributed by atoms with Gasteiger partial charge in [0.15, 0.2) is 0 Å². The van der Waals surface area contributed by atoms with Gasteiger partial charge in [0.25, 0.3) is 0 Å². The van der Waals surface area contributed by atoms with Crippen LogP contribution in [0, 0.1) is 0 Å². The molecule has 0 aromatic carbocycles. The summed E-state index contributed by atoms with van der Waals surface area (Å²) in [5.74, 6) is 0.241. The molecular weight excluding hydrogens is 178 g/mol. The monoisotopic (exact) mass is 199 g/mol. The summed E-state index contributed by atoms with van der Waals surface area (Å²) < 4.78 is 0. The lowest BCUT2D eigenvalue weighted by atomic mass is 10.3. The molecule has 1 rings (SSSR count). The standard InChI is InChI=1S/C10H21N3O/c1-9-7-13(6-4-5-11-9)10(14)8-12(2)3/h9,11H,4-8H2,1-3H3. The third kappa shape index (κ3) is 3.64. The molecule has 4 nitrogen and oxygen atoms in total. The van der Waals surface area contributed by atoms with Crippen LogP contribution in [0.2, 0.25) is 0 Å². The van der Waals surface area contributed by atoms with Gasteiger partial charge >= 0.3 is 0 Å². The van der Waals surface area contributed by atoms with Crippen LogP contribution < -0.4 is 5.32 Å². The second-order valence-corrected chi connectivity index (χ2v) is 4.29. The van der Waals surface area contributed by atoms with Crippen LogP contribution in [0.3, 0.4) is 0 Å². The number of carbonyl (C=O) groups excluding carboxylic acids is 1.